The van der Waals surface area contributed by atoms with Crippen molar-refractivity contribution in [3.05, 3.63) is 64.7 Å². The van der Waals surface area contributed by atoms with Gasteiger partial charge in [-0.05, 0) is 82.3 Å². The van der Waals surface area contributed by atoms with Gasteiger partial charge in [-0.15, -0.1) is 0 Å². The number of hydrogen-bond donors (Lipinski definition) is 6. The van der Waals surface area contributed by atoms with Crippen LogP contribution < -0.4 is 31.7 Å². The van der Waals surface area contributed by atoms with Crippen LogP contribution in [-0.2, 0) is 36.8 Å². The molecule has 0 aliphatic carbocycles. The van der Waals surface area contributed by atoms with Gasteiger partial charge in [0.25, 0.3) is 0 Å². The first kappa shape index (κ1) is 37.7. The standard InChI is InChI=1S/C33H45N5O7S2/c1-18-13-21(45-7)14-19(2)22(18)16-23(34)28(40)37-26-30(42)35-17-25(39)36-24(15-20-11-9-8-10-12-20)29(41)38-27(31(43)44)33(5,6)47-46-32(26,3)4/h8-14,23-24,26-27H,15-17,34H2,1-7H3,(H,35,42)(H,36,39)(H,37,40)(H,38,41)(H,43,44). The van der Waals surface area contributed by atoms with E-state index in [1.807, 2.05) is 32.0 Å². The third-order valence-corrected chi connectivity index (χ3v) is 12.2. The fourth-order valence-electron chi connectivity index (χ4n) is 5.17. The summed E-state index contributed by atoms with van der Waals surface area (Å²) in [5, 5.41) is 20.8. The van der Waals surface area contributed by atoms with Crippen LogP contribution in [0.2, 0.25) is 0 Å². The summed E-state index contributed by atoms with van der Waals surface area (Å²) in [4.78, 5) is 66.1. The van der Waals surface area contributed by atoms with Crippen LogP contribution in [0.5, 0.6) is 5.75 Å². The molecule has 1 fully saturated rings. The number of ether oxygens (including phenoxy) is 1. The molecule has 0 saturated carbocycles. The van der Waals surface area contributed by atoms with Crippen LogP contribution in [0.1, 0.15) is 49.9 Å². The number of carboxylic acid groups (broad SMARTS) is 1. The molecule has 1 aliphatic heterocycles. The maximum Gasteiger partial charge on any atom is 0.327 e. The highest BCUT2D eigenvalue weighted by molar-refractivity contribution is 8.77. The molecule has 0 radical (unpaired) electrons. The van der Waals surface area contributed by atoms with Crippen LogP contribution in [0.25, 0.3) is 0 Å². The average molecular weight is 688 g/mol. The summed E-state index contributed by atoms with van der Waals surface area (Å²) in [7, 11) is 3.93. The number of carbonyl (C=O) groups excluding carboxylic acids is 4. The van der Waals surface area contributed by atoms with Crippen LogP contribution in [-0.4, -0.2) is 82.0 Å². The molecule has 47 heavy (non-hydrogen) atoms. The Balaban J connectivity index is 1.90. The van der Waals surface area contributed by atoms with Crippen molar-refractivity contribution in [3.8, 4) is 5.75 Å². The number of carbonyl (C=O) groups is 5. The highest BCUT2D eigenvalue weighted by Crippen LogP contribution is 2.46. The molecule has 0 spiro atoms. The van der Waals surface area contributed by atoms with Gasteiger partial charge >= 0.3 is 5.97 Å². The van der Waals surface area contributed by atoms with Crippen molar-refractivity contribution < 1.29 is 33.8 Å². The number of aliphatic carboxylic acids is 1. The Kier molecular flexibility index (Phi) is 12.8. The first-order valence-corrected chi connectivity index (χ1v) is 17.3. The van der Waals surface area contributed by atoms with Crippen LogP contribution in [0.4, 0.5) is 0 Å². The first-order valence-electron chi connectivity index (χ1n) is 15.2. The molecule has 1 aliphatic rings. The van der Waals surface area contributed by atoms with Crippen molar-refractivity contribution >= 4 is 51.2 Å². The molecule has 1 saturated heterocycles. The number of nitrogens with two attached hydrogens (primary N) is 1. The maximum absolute atomic E-state index is 13.7. The van der Waals surface area contributed by atoms with E-state index in [2.05, 4.69) is 21.3 Å². The van der Waals surface area contributed by atoms with Gasteiger partial charge in [-0.2, -0.15) is 0 Å². The molecule has 14 heteroatoms. The van der Waals surface area contributed by atoms with E-state index in [-0.39, 0.29) is 12.8 Å². The van der Waals surface area contributed by atoms with E-state index >= 15 is 0 Å². The zero-order valence-corrected chi connectivity index (χ0v) is 29.4. The van der Waals surface area contributed by atoms with E-state index in [0.717, 1.165) is 22.3 Å². The molecule has 12 nitrogen and oxygen atoms in total. The van der Waals surface area contributed by atoms with Gasteiger partial charge in [0, 0.05) is 11.2 Å². The van der Waals surface area contributed by atoms with Gasteiger partial charge < -0.3 is 36.8 Å². The Bertz CT molecular complexity index is 1460. The minimum atomic E-state index is -1.35. The lowest BCUT2D eigenvalue weighted by Crippen LogP contribution is -2.61. The van der Waals surface area contributed by atoms with Crippen molar-refractivity contribution in [1.82, 2.24) is 21.3 Å². The van der Waals surface area contributed by atoms with Gasteiger partial charge in [0.1, 0.15) is 23.9 Å². The molecule has 256 valence electrons. The zero-order valence-electron chi connectivity index (χ0n) is 27.8. The number of aryl methyl sites for hydroxylation is 2. The van der Waals surface area contributed by atoms with Crippen LogP contribution in [0.3, 0.4) is 0 Å². The number of amides is 4. The van der Waals surface area contributed by atoms with Crippen molar-refractivity contribution in [2.45, 2.75) is 88.0 Å². The number of rotatable bonds is 8. The zero-order chi connectivity index (χ0) is 35.1. The SMILES string of the molecule is COc1cc(C)c(CC(N)C(=O)NC2C(=O)NCC(=O)NC(Cc3ccccc3)C(=O)NC(C(=O)O)C(C)(C)SSC2(C)C)c(C)c1. The Labute approximate surface area is 283 Å². The predicted octanol–water partition coefficient (Wildman–Crippen LogP) is 2.03. The van der Waals surface area contributed by atoms with E-state index < -0.39 is 69.8 Å². The summed E-state index contributed by atoms with van der Waals surface area (Å²) in [5.41, 5.74) is 9.82. The van der Waals surface area contributed by atoms with Gasteiger partial charge in [0.2, 0.25) is 23.6 Å². The van der Waals surface area contributed by atoms with Gasteiger partial charge in [0.15, 0.2) is 0 Å². The van der Waals surface area contributed by atoms with E-state index in [0.29, 0.717) is 5.75 Å². The molecule has 0 bridgehead atoms. The molecule has 0 aromatic heterocycles. The highest BCUT2D eigenvalue weighted by atomic mass is 33.1. The van der Waals surface area contributed by atoms with Crippen molar-refractivity contribution in [1.29, 1.82) is 0 Å². The van der Waals surface area contributed by atoms with E-state index in [4.69, 9.17) is 10.5 Å². The predicted molar refractivity (Wildman–Crippen MR) is 184 cm³/mol. The number of carboxylic acids is 1. The summed E-state index contributed by atoms with van der Waals surface area (Å²) in [6.45, 7) is 10.1. The Morgan fingerprint density at radius 2 is 1.60 bits per heavy atom. The summed E-state index contributed by atoms with van der Waals surface area (Å²) in [6, 6.07) is 8.05. The van der Waals surface area contributed by atoms with E-state index in [9.17, 15) is 29.1 Å². The Morgan fingerprint density at radius 1 is 1.00 bits per heavy atom. The normalized spacial score (nSPS) is 22.5. The molecule has 1 heterocycles. The fraction of sp³-hybridized carbons (Fsp3) is 0.485. The number of benzene rings is 2. The highest BCUT2D eigenvalue weighted by Gasteiger charge is 2.44. The molecule has 7 N–H and O–H groups in total. The molecule has 4 atom stereocenters. The van der Waals surface area contributed by atoms with Gasteiger partial charge in [-0.25, -0.2) is 4.79 Å². The second-order valence-electron chi connectivity index (χ2n) is 12.7. The smallest absolute Gasteiger partial charge is 0.327 e. The second kappa shape index (κ2) is 15.9. The van der Waals surface area contributed by atoms with Crippen molar-refractivity contribution in [3.63, 3.8) is 0 Å². The lowest BCUT2D eigenvalue weighted by atomic mass is 9.95. The van der Waals surface area contributed by atoms with Crippen molar-refractivity contribution in [2.75, 3.05) is 13.7 Å². The third kappa shape index (κ3) is 10.1. The number of methoxy groups -OCH3 is 1. The summed E-state index contributed by atoms with van der Waals surface area (Å²) >= 11 is 0. The monoisotopic (exact) mass is 687 g/mol. The second-order valence-corrected chi connectivity index (χ2v) is 16.1. The Morgan fingerprint density at radius 3 is 2.17 bits per heavy atom. The van der Waals surface area contributed by atoms with Crippen LogP contribution >= 0.6 is 21.6 Å². The first-order chi connectivity index (χ1) is 21.9. The molecular weight excluding hydrogens is 643 g/mol. The van der Waals surface area contributed by atoms with Crippen molar-refractivity contribution in [2.24, 2.45) is 5.73 Å². The quantitative estimate of drug-likeness (QED) is 0.224. The summed E-state index contributed by atoms with van der Waals surface area (Å²) in [6.07, 6.45) is 0.306. The van der Waals surface area contributed by atoms with Gasteiger partial charge in [0.05, 0.1) is 24.4 Å². The largest absolute Gasteiger partial charge is 0.497 e. The molecule has 3 rings (SSSR count). The average Bonchev–Trinajstić information content (AvgIpc) is 3.01. The van der Waals surface area contributed by atoms with Crippen LogP contribution in [0, 0.1) is 13.8 Å². The summed E-state index contributed by atoms with van der Waals surface area (Å²) in [5.74, 6) is -3.10. The maximum atomic E-state index is 13.7. The minimum absolute atomic E-state index is 0.0950. The molecule has 4 amide bonds. The van der Waals surface area contributed by atoms with Gasteiger partial charge in [-0.1, -0.05) is 51.9 Å². The number of hydrogen-bond acceptors (Lipinski definition) is 9. The molecule has 2 aromatic rings. The Hall–Kier alpha value is -3.75. The molecular formula is C33H45N5O7S2. The lowest BCUT2D eigenvalue weighted by Gasteiger charge is -2.38. The lowest BCUT2D eigenvalue weighted by molar-refractivity contribution is -0.143. The molecule has 2 aromatic carbocycles. The topological polar surface area (TPSA) is 189 Å². The van der Waals surface area contributed by atoms with E-state index in [1.165, 1.54) is 21.6 Å². The van der Waals surface area contributed by atoms with Crippen LogP contribution in [0.15, 0.2) is 42.5 Å². The van der Waals surface area contributed by atoms with Gasteiger partial charge in [-0.3, -0.25) is 19.2 Å². The summed E-state index contributed by atoms with van der Waals surface area (Å²) < 4.78 is 3.20. The third-order valence-electron chi connectivity index (χ3n) is 7.97. The molecule has 4 unspecified atom stereocenters. The minimum Gasteiger partial charge on any atom is -0.497 e. The number of nitrogens with one attached hydrogen (secondary N) is 4. The van der Waals surface area contributed by atoms with E-state index in [1.54, 1.807) is 59.1 Å². The fourth-order valence-corrected chi connectivity index (χ4v) is 7.98.